The molecule has 0 spiro atoms. The Morgan fingerprint density at radius 3 is 2.48 bits per heavy atom. The van der Waals surface area contributed by atoms with E-state index in [1.54, 1.807) is 49.5 Å². The van der Waals surface area contributed by atoms with E-state index in [1.807, 2.05) is 0 Å². The highest BCUT2D eigenvalue weighted by atomic mass is 35.5. The van der Waals surface area contributed by atoms with Crippen molar-refractivity contribution in [2.45, 2.75) is 11.3 Å². The van der Waals surface area contributed by atoms with E-state index < -0.39 is 15.9 Å². The number of carbonyl (C=O) groups excluding carboxylic acids is 2. The van der Waals surface area contributed by atoms with E-state index in [-0.39, 0.29) is 28.5 Å². The van der Waals surface area contributed by atoms with Crippen molar-refractivity contribution in [2.75, 3.05) is 22.0 Å². The van der Waals surface area contributed by atoms with Crippen molar-refractivity contribution in [1.29, 1.82) is 0 Å². The van der Waals surface area contributed by atoms with Gasteiger partial charge in [-0.25, -0.2) is 8.42 Å². The van der Waals surface area contributed by atoms with Gasteiger partial charge in [-0.2, -0.15) is 0 Å². The lowest BCUT2D eigenvalue weighted by atomic mass is 10.1. The molecule has 0 aliphatic carbocycles. The fourth-order valence-corrected chi connectivity index (χ4v) is 4.58. The molecule has 9 heteroatoms. The number of nitrogens with zero attached hydrogens (tertiary/aromatic N) is 1. The van der Waals surface area contributed by atoms with Crippen LogP contribution in [-0.2, 0) is 21.2 Å². The number of sulfonamides is 1. The van der Waals surface area contributed by atoms with Gasteiger partial charge < -0.3 is 10.2 Å². The van der Waals surface area contributed by atoms with Gasteiger partial charge in [-0.05, 0) is 60.2 Å². The maximum absolute atomic E-state index is 13.0. The Balaban J connectivity index is 1.60. The second-order valence-corrected chi connectivity index (χ2v) is 9.15. The number of carbonyl (C=O) groups is 2. The van der Waals surface area contributed by atoms with Crippen LogP contribution < -0.4 is 14.9 Å². The number of para-hydroxylation sites is 1. The molecule has 3 aromatic carbocycles. The van der Waals surface area contributed by atoms with Crippen LogP contribution in [0, 0.1) is 0 Å². The van der Waals surface area contributed by atoms with Crippen molar-refractivity contribution < 1.29 is 18.0 Å². The lowest BCUT2D eigenvalue weighted by Gasteiger charge is -2.14. The molecule has 1 aliphatic rings. The molecule has 2 N–H and O–H groups in total. The monoisotopic (exact) mass is 455 g/mol. The minimum atomic E-state index is -3.98. The van der Waals surface area contributed by atoms with Crippen LogP contribution in [0.15, 0.2) is 71.6 Å². The zero-order valence-corrected chi connectivity index (χ0v) is 18.0. The zero-order chi connectivity index (χ0) is 22.2. The molecule has 7 nitrogen and oxygen atoms in total. The molecule has 3 aromatic rings. The third kappa shape index (κ3) is 4.26. The quantitative estimate of drug-likeness (QED) is 0.609. The van der Waals surface area contributed by atoms with E-state index >= 15 is 0 Å². The average Bonchev–Trinajstić information content (AvgIpc) is 3.03. The molecule has 4 rings (SSSR count). The van der Waals surface area contributed by atoms with E-state index in [0.717, 1.165) is 0 Å². The number of hydrogen-bond donors (Lipinski definition) is 2. The van der Waals surface area contributed by atoms with Crippen molar-refractivity contribution in [2.24, 2.45) is 0 Å². The number of amides is 2. The summed E-state index contributed by atoms with van der Waals surface area (Å²) >= 11 is 5.86. The summed E-state index contributed by atoms with van der Waals surface area (Å²) in [4.78, 5) is 26.1. The number of nitrogens with one attached hydrogen (secondary N) is 2. The molecular formula is C22H18ClN3O4S. The standard InChI is InChI=1S/C22H18ClN3O4S/c1-26-20-11-10-17(12-14(20)13-21(26)27)31(29,30)25-19-5-3-2-4-18(19)22(28)24-16-8-6-15(23)7-9-16/h2-12,25H,13H2,1H3,(H,24,28). The fraction of sp³-hybridized carbons (Fsp3) is 0.0909. The summed E-state index contributed by atoms with van der Waals surface area (Å²) in [6, 6.07) is 17.4. The smallest absolute Gasteiger partial charge is 0.261 e. The first-order chi connectivity index (χ1) is 14.7. The number of halogens is 1. The van der Waals surface area contributed by atoms with Crippen LogP contribution in [0.4, 0.5) is 17.1 Å². The molecule has 1 aliphatic heterocycles. The molecule has 0 fully saturated rings. The maximum Gasteiger partial charge on any atom is 0.261 e. The molecule has 0 atom stereocenters. The second kappa shape index (κ2) is 8.05. The summed E-state index contributed by atoms with van der Waals surface area (Å²) in [6.07, 6.45) is 0.148. The van der Waals surface area contributed by atoms with Gasteiger partial charge in [-0.1, -0.05) is 23.7 Å². The van der Waals surface area contributed by atoms with Crippen molar-refractivity contribution in [3.8, 4) is 0 Å². The zero-order valence-electron chi connectivity index (χ0n) is 16.4. The molecule has 0 saturated heterocycles. The van der Waals surface area contributed by atoms with Crippen LogP contribution in [0.1, 0.15) is 15.9 Å². The van der Waals surface area contributed by atoms with Crippen molar-refractivity contribution in [1.82, 2.24) is 0 Å². The number of hydrogen-bond acceptors (Lipinski definition) is 4. The van der Waals surface area contributed by atoms with Gasteiger partial charge in [0.15, 0.2) is 0 Å². The number of anilines is 3. The number of rotatable bonds is 5. The normalized spacial score (nSPS) is 13.1. The second-order valence-electron chi connectivity index (χ2n) is 7.03. The molecule has 0 radical (unpaired) electrons. The maximum atomic E-state index is 13.0. The van der Waals surface area contributed by atoms with Crippen LogP contribution in [0.3, 0.4) is 0 Å². The van der Waals surface area contributed by atoms with E-state index in [2.05, 4.69) is 10.0 Å². The van der Waals surface area contributed by atoms with Crippen LogP contribution in [0.5, 0.6) is 0 Å². The van der Waals surface area contributed by atoms with Crippen LogP contribution in [0.25, 0.3) is 0 Å². The first-order valence-electron chi connectivity index (χ1n) is 9.33. The molecule has 0 aromatic heterocycles. The molecule has 2 amide bonds. The van der Waals surface area contributed by atoms with Crippen LogP contribution in [0.2, 0.25) is 5.02 Å². The Labute approximate surface area is 184 Å². The first kappa shape index (κ1) is 20.9. The first-order valence-corrected chi connectivity index (χ1v) is 11.2. The van der Waals surface area contributed by atoms with Gasteiger partial charge in [-0.3, -0.25) is 14.3 Å². The van der Waals surface area contributed by atoms with Gasteiger partial charge in [0.1, 0.15) is 0 Å². The highest BCUT2D eigenvalue weighted by Crippen LogP contribution is 2.30. The largest absolute Gasteiger partial charge is 0.322 e. The number of likely N-dealkylation sites (N-methyl/N-ethyl adjacent to an activating group) is 1. The van der Waals surface area contributed by atoms with Gasteiger partial charge in [0.25, 0.3) is 15.9 Å². The number of benzene rings is 3. The molecule has 31 heavy (non-hydrogen) atoms. The minimum Gasteiger partial charge on any atom is -0.322 e. The van der Waals surface area contributed by atoms with E-state index in [9.17, 15) is 18.0 Å². The summed E-state index contributed by atoms with van der Waals surface area (Å²) in [7, 11) is -2.33. The third-order valence-electron chi connectivity index (χ3n) is 4.96. The van der Waals surface area contributed by atoms with Gasteiger partial charge in [0.05, 0.1) is 22.6 Å². The Morgan fingerprint density at radius 1 is 1.03 bits per heavy atom. The molecule has 1 heterocycles. The van der Waals surface area contributed by atoms with E-state index in [0.29, 0.717) is 22.0 Å². The lowest BCUT2D eigenvalue weighted by Crippen LogP contribution is -2.20. The van der Waals surface area contributed by atoms with Gasteiger partial charge >= 0.3 is 0 Å². The highest BCUT2D eigenvalue weighted by Gasteiger charge is 2.27. The van der Waals surface area contributed by atoms with Gasteiger partial charge in [0, 0.05) is 23.4 Å². The summed E-state index contributed by atoms with van der Waals surface area (Å²) in [5.74, 6) is -0.566. The average molecular weight is 456 g/mol. The molecule has 0 bridgehead atoms. The predicted octanol–water partition coefficient (Wildman–Crippen LogP) is 3.91. The van der Waals surface area contributed by atoms with Crippen molar-refractivity contribution >= 4 is 50.5 Å². The lowest BCUT2D eigenvalue weighted by molar-refractivity contribution is -0.117. The van der Waals surface area contributed by atoms with E-state index in [1.165, 1.54) is 29.2 Å². The highest BCUT2D eigenvalue weighted by molar-refractivity contribution is 7.92. The third-order valence-corrected chi connectivity index (χ3v) is 6.57. The summed E-state index contributed by atoms with van der Waals surface area (Å²) in [5, 5.41) is 3.26. The Hall–Kier alpha value is -3.36. The van der Waals surface area contributed by atoms with Crippen molar-refractivity contribution in [3.05, 3.63) is 82.9 Å². The topological polar surface area (TPSA) is 95.6 Å². The SMILES string of the molecule is CN1C(=O)Cc2cc(S(=O)(=O)Nc3ccccc3C(=O)Nc3ccc(Cl)cc3)ccc21. The predicted molar refractivity (Wildman–Crippen MR) is 120 cm³/mol. The van der Waals surface area contributed by atoms with Crippen LogP contribution in [-0.4, -0.2) is 27.3 Å². The molecule has 158 valence electrons. The number of fused-ring (bicyclic) bond motifs is 1. The fourth-order valence-electron chi connectivity index (χ4n) is 3.32. The van der Waals surface area contributed by atoms with Gasteiger partial charge in [-0.15, -0.1) is 0 Å². The van der Waals surface area contributed by atoms with Crippen LogP contribution >= 0.6 is 11.6 Å². The van der Waals surface area contributed by atoms with Crippen molar-refractivity contribution in [3.63, 3.8) is 0 Å². The summed E-state index contributed by atoms with van der Waals surface area (Å²) < 4.78 is 28.4. The Kier molecular flexibility index (Phi) is 5.43. The van der Waals surface area contributed by atoms with E-state index in [4.69, 9.17) is 11.6 Å². The molecule has 0 unspecified atom stereocenters. The summed E-state index contributed by atoms with van der Waals surface area (Å²) in [5.41, 5.74) is 2.16. The Morgan fingerprint density at radius 2 is 1.74 bits per heavy atom. The minimum absolute atomic E-state index is 0.0160. The molecule has 0 saturated carbocycles. The summed E-state index contributed by atoms with van der Waals surface area (Å²) in [6.45, 7) is 0. The van der Waals surface area contributed by atoms with Gasteiger partial charge in [0.2, 0.25) is 5.91 Å². The molecular weight excluding hydrogens is 438 g/mol. The Bertz CT molecular complexity index is 1290.